The number of hydrogen-bond acceptors (Lipinski definition) is 2. The number of hydrogen-bond donors (Lipinski definition) is 1. The lowest BCUT2D eigenvalue weighted by atomic mass is 10.1. The van der Waals surface area contributed by atoms with Gasteiger partial charge in [0.15, 0.2) is 5.78 Å². The van der Waals surface area contributed by atoms with E-state index < -0.39 is 5.97 Å². The van der Waals surface area contributed by atoms with Gasteiger partial charge in [-0.2, -0.15) is 0 Å². The zero-order valence-corrected chi connectivity index (χ0v) is 15.8. The van der Waals surface area contributed by atoms with Gasteiger partial charge in [0.1, 0.15) is 0 Å². The molecule has 1 N–H and O–H groups in total. The van der Waals surface area contributed by atoms with Crippen molar-refractivity contribution in [3.8, 4) is 0 Å². The summed E-state index contributed by atoms with van der Waals surface area (Å²) in [5, 5.41) is 8.49. The third kappa shape index (κ3) is 19.6. The summed E-state index contributed by atoms with van der Waals surface area (Å²) in [5.74, 6) is -0.897. The number of ketones is 1. The van der Waals surface area contributed by atoms with Crippen molar-refractivity contribution in [3.05, 3.63) is 72.9 Å². The summed E-state index contributed by atoms with van der Waals surface area (Å²) < 4.78 is 0. The molecule has 0 spiro atoms. The Kier molecular flexibility index (Phi) is 17.2. The maximum Gasteiger partial charge on any atom is 0.303 e. The molecule has 0 aliphatic heterocycles. The topological polar surface area (TPSA) is 54.4 Å². The van der Waals surface area contributed by atoms with Crippen molar-refractivity contribution in [3.63, 3.8) is 0 Å². The van der Waals surface area contributed by atoms with Crippen LogP contribution in [0.3, 0.4) is 0 Å². The van der Waals surface area contributed by atoms with E-state index in [9.17, 15) is 9.59 Å². The lowest BCUT2D eigenvalue weighted by molar-refractivity contribution is -0.137. The van der Waals surface area contributed by atoms with E-state index in [-0.39, 0.29) is 18.6 Å². The van der Waals surface area contributed by atoms with Crippen molar-refractivity contribution < 1.29 is 14.7 Å². The molecule has 0 heterocycles. The second-order valence-corrected chi connectivity index (χ2v) is 5.74. The molecule has 3 heteroatoms. The molecule has 0 saturated heterocycles. The highest BCUT2D eigenvalue weighted by Crippen LogP contribution is 1.98. The van der Waals surface area contributed by atoms with Gasteiger partial charge in [0, 0.05) is 12.8 Å². The molecule has 0 fully saturated rings. The number of allylic oxidation sites excluding steroid dienone is 12. The van der Waals surface area contributed by atoms with Gasteiger partial charge >= 0.3 is 5.97 Å². The Morgan fingerprint density at radius 3 is 1.69 bits per heavy atom. The highest BCUT2D eigenvalue weighted by atomic mass is 16.4. The van der Waals surface area contributed by atoms with Crippen molar-refractivity contribution in [1.29, 1.82) is 0 Å². The van der Waals surface area contributed by atoms with E-state index in [4.69, 9.17) is 5.11 Å². The predicted octanol–water partition coefficient (Wildman–Crippen LogP) is 6.12. The fourth-order valence-corrected chi connectivity index (χ4v) is 1.97. The number of rotatable bonds is 15. The molecule has 0 unspecified atom stereocenters. The molecule has 0 atom stereocenters. The van der Waals surface area contributed by atoms with Gasteiger partial charge in [-0.3, -0.25) is 9.59 Å². The summed E-state index contributed by atoms with van der Waals surface area (Å²) in [6, 6.07) is 0. The first kappa shape index (κ1) is 23.6. The number of aliphatic carboxylic acids is 1. The molecule has 0 amide bonds. The third-order valence-electron chi connectivity index (χ3n) is 3.33. The van der Waals surface area contributed by atoms with Gasteiger partial charge in [0.05, 0.1) is 0 Å². The Balaban J connectivity index is 3.67. The highest BCUT2D eigenvalue weighted by Gasteiger charge is 1.99. The largest absolute Gasteiger partial charge is 0.481 e. The number of carbonyl (C=O) groups is 2. The molecule has 0 aliphatic rings. The minimum atomic E-state index is -0.861. The average Bonchev–Trinajstić information content (AvgIpc) is 2.61. The van der Waals surface area contributed by atoms with Crippen molar-refractivity contribution in [2.75, 3.05) is 0 Å². The van der Waals surface area contributed by atoms with Crippen LogP contribution >= 0.6 is 0 Å². The minimum absolute atomic E-state index is 0.0352. The average molecular weight is 357 g/mol. The first-order valence-electron chi connectivity index (χ1n) is 9.34. The van der Waals surface area contributed by atoms with Crippen LogP contribution in [0.5, 0.6) is 0 Å². The van der Waals surface area contributed by atoms with Gasteiger partial charge < -0.3 is 5.11 Å². The van der Waals surface area contributed by atoms with Crippen molar-refractivity contribution in [2.45, 2.75) is 58.3 Å². The molecule has 0 aromatic carbocycles. The maximum atomic E-state index is 11.4. The molecule has 3 nitrogen and oxygen atoms in total. The summed E-state index contributed by atoms with van der Waals surface area (Å²) in [6.45, 7) is 2.14. The van der Waals surface area contributed by atoms with Gasteiger partial charge in [-0.25, -0.2) is 0 Å². The van der Waals surface area contributed by atoms with Gasteiger partial charge in [-0.05, 0) is 44.6 Å². The van der Waals surface area contributed by atoms with Crippen LogP contribution in [0.15, 0.2) is 72.9 Å². The van der Waals surface area contributed by atoms with Crippen molar-refractivity contribution in [2.24, 2.45) is 0 Å². The Hall–Kier alpha value is -2.42. The number of carbonyl (C=O) groups excluding carboxylic acids is 1. The van der Waals surface area contributed by atoms with Crippen LogP contribution in [0.4, 0.5) is 0 Å². The Bertz CT molecular complexity index is 546. The van der Waals surface area contributed by atoms with Crippen molar-refractivity contribution in [1.82, 2.24) is 0 Å². The van der Waals surface area contributed by atoms with Crippen LogP contribution in [-0.4, -0.2) is 16.9 Å². The number of carboxylic acid groups (broad SMARTS) is 1. The summed E-state index contributed by atoms with van der Waals surface area (Å²) in [4.78, 5) is 21.8. The van der Waals surface area contributed by atoms with E-state index in [1.54, 1.807) is 6.08 Å². The zero-order valence-electron chi connectivity index (χ0n) is 15.8. The van der Waals surface area contributed by atoms with E-state index in [2.05, 4.69) is 55.5 Å². The van der Waals surface area contributed by atoms with Crippen LogP contribution < -0.4 is 0 Å². The summed E-state index contributed by atoms with van der Waals surface area (Å²) in [6.07, 6.45) is 29.8. The molecule has 0 rings (SSSR count). The monoisotopic (exact) mass is 356 g/mol. The first-order chi connectivity index (χ1) is 12.7. The van der Waals surface area contributed by atoms with Gasteiger partial charge in [0.2, 0.25) is 0 Å². The van der Waals surface area contributed by atoms with E-state index in [1.807, 2.05) is 12.2 Å². The Labute approximate surface area is 158 Å². The molecule has 26 heavy (non-hydrogen) atoms. The predicted molar refractivity (Wildman–Crippen MR) is 110 cm³/mol. The summed E-state index contributed by atoms with van der Waals surface area (Å²) >= 11 is 0. The second-order valence-electron chi connectivity index (χ2n) is 5.74. The number of carboxylic acids is 1. The molecule has 0 aromatic rings. The fraction of sp³-hybridized carbons (Fsp3) is 0.391. The molecule has 0 aliphatic carbocycles. The van der Waals surface area contributed by atoms with Gasteiger partial charge in [-0.1, -0.05) is 73.8 Å². The van der Waals surface area contributed by atoms with Crippen LogP contribution in [0.25, 0.3) is 0 Å². The molecule has 142 valence electrons. The van der Waals surface area contributed by atoms with Gasteiger partial charge in [-0.15, -0.1) is 0 Å². The lowest BCUT2D eigenvalue weighted by Gasteiger charge is -1.92. The van der Waals surface area contributed by atoms with E-state index in [0.29, 0.717) is 6.42 Å². The minimum Gasteiger partial charge on any atom is -0.481 e. The molecular weight excluding hydrogens is 324 g/mol. The molecule has 0 radical (unpaired) electrons. The van der Waals surface area contributed by atoms with E-state index >= 15 is 0 Å². The van der Waals surface area contributed by atoms with Crippen molar-refractivity contribution >= 4 is 11.8 Å². The standard InChI is InChI=1S/C23H32O3/c1-2-3-4-5-6-7-8-9-10-11-12-13-14-15-16-17-19-22(24)20-18-21-23(25)26/h3-4,6-7,9-10,12-13,15-17,19H,2,5,8,11,14,18,20-21H2,1H3,(H,25,26)/b4-3-,7-6-,10-9-,13-12-,16-15-,19-17+. The van der Waals surface area contributed by atoms with Crippen LogP contribution in [-0.2, 0) is 9.59 Å². The summed E-state index contributed by atoms with van der Waals surface area (Å²) in [7, 11) is 0. The van der Waals surface area contributed by atoms with Gasteiger partial charge in [0.25, 0.3) is 0 Å². The van der Waals surface area contributed by atoms with E-state index in [0.717, 1.165) is 32.1 Å². The highest BCUT2D eigenvalue weighted by molar-refractivity contribution is 5.90. The normalized spacial score (nSPS) is 12.8. The third-order valence-corrected chi connectivity index (χ3v) is 3.33. The van der Waals surface area contributed by atoms with Crippen LogP contribution in [0.1, 0.15) is 58.3 Å². The Morgan fingerprint density at radius 1 is 0.692 bits per heavy atom. The molecule has 0 bridgehead atoms. The van der Waals surface area contributed by atoms with Crippen LogP contribution in [0.2, 0.25) is 0 Å². The SMILES string of the molecule is CC/C=C\C/C=C\C/C=C\C/C=C\C/C=C\C=C\C(=O)CCCC(=O)O. The van der Waals surface area contributed by atoms with E-state index in [1.165, 1.54) is 6.08 Å². The first-order valence-corrected chi connectivity index (χ1v) is 9.34. The van der Waals surface area contributed by atoms with Crippen LogP contribution in [0, 0.1) is 0 Å². The molecule has 0 aromatic heterocycles. The fourth-order valence-electron chi connectivity index (χ4n) is 1.97. The molecular formula is C23H32O3. The summed E-state index contributed by atoms with van der Waals surface area (Å²) in [5.41, 5.74) is 0. The maximum absolute atomic E-state index is 11.4. The molecule has 0 saturated carbocycles. The lowest BCUT2D eigenvalue weighted by Crippen LogP contribution is -1.97. The quantitative estimate of drug-likeness (QED) is 0.218. The smallest absolute Gasteiger partial charge is 0.303 e. The second kappa shape index (κ2) is 18.9. The Morgan fingerprint density at radius 2 is 1.19 bits per heavy atom. The zero-order chi connectivity index (χ0) is 19.3.